The zero-order valence-electron chi connectivity index (χ0n) is 14.0. The Kier molecular flexibility index (Phi) is 5.17. The molecule has 8 heteroatoms. The molecule has 1 aliphatic rings. The van der Waals surface area contributed by atoms with Crippen LogP contribution < -0.4 is 5.32 Å². The summed E-state index contributed by atoms with van der Waals surface area (Å²) in [6.07, 6.45) is 1.98. The van der Waals surface area contributed by atoms with Gasteiger partial charge in [0.15, 0.2) is 10.6 Å². The van der Waals surface area contributed by atoms with Gasteiger partial charge in [-0.2, -0.15) is 5.10 Å². The molecule has 1 fully saturated rings. The Balaban J connectivity index is 1.77. The minimum atomic E-state index is -0.429. The third-order valence-electron chi connectivity index (χ3n) is 4.26. The van der Waals surface area contributed by atoms with Gasteiger partial charge in [-0.25, -0.2) is 0 Å². The smallest absolute Gasteiger partial charge is 0.243 e. The maximum atomic E-state index is 12.7. The molecule has 0 bridgehead atoms. The number of aromatic amines is 1. The maximum Gasteiger partial charge on any atom is 0.243 e. The standard InChI is InChI=1S/C16H22N4O2S2/c1-9-7-12(8-10(2)22-9)17-15(21)11(3)20-14(18-19-16(20)23)13-5-4-6-24-13/h4-6,9-12H,7-8H2,1-3H3,(H,17,21)(H,19,23)/t9-,10+,11-,12?/m0/s1. The molecule has 1 saturated heterocycles. The van der Waals surface area contributed by atoms with E-state index in [1.54, 1.807) is 15.9 Å². The minimum Gasteiger partial charge on any atom is -0.375 e. The van der Waals surface area contributed by atoms with Crippen LogP contribution in [0.1, 0.15) is 39.7 Å². The Morgan fingerprint density at radius 3 is 2.83 bits per heavy atom. The molecule has 6 nitrogen and oxygen atoms in total. The number of carbonyl (C=O) groups excluding carboxylic acids is 1. The van der Waals surface area contributed by atoms with Crippen molar-refractivity contribution in [3.63, 3.8) is 0 Å². The number of hydrogen-bond acceptors (Lipinski definition) is 5. The number of aromatic nitrogens is 3. The fraction of sp³-hybridized carbons (Fsp3) is 0.562. The van der Waals surface area contributed by atoms with Gasteiger partial charge in [0.05, 0.1) is 17.1 Å². The first-order valence-electron chi connectivity index (χ1n) is 8.12. The van der Waals surface area contributed by atoms with Crippen LogP contribution in [0.25, 0.3) is 10.7 Å². The van der Waals surface area contributed by atoms with E-state index in [1.165, 1.54) is 0 Å². The van der Waals surface area contributed by atoms with Crippen molar-refractivity contribution in [2.45, 2.75) is 57.9 Å². The van der Waals surface area contributed by atoms with Crippen LogP contribution in [0.5, 0.6) is 0 Å². The highest BCUT2D eigenvalue weighted by Gasteiger charge is 2.28. The van der Waals surface area contributed by atoms with Gasteiger partial charge in [-0.05, 0) is 57.3 Å². The van der Waals surface area contributed by atoms with E-state index in [2.05, 4.69) is 15.5 Å². The molecule has 4 atom stereocenters. The van der Waals surface area contributed by atoms with Gasteiger partial charge in [0.25, 0.3) is 0 Å². The zero-order valence-corrected chi connectivity index (χ0v) is 15.6. The van der Waals surface area contributed by atoms with Crippen molar-refractivity contribution in [2.75, 3.05) is 0 Å². The molecule has 3 rings (SSSR count). The second-order valence-corrected chi connectivity index (χ2v) is 7.64. The van der Waals surface area contributed by atoms with E-state index in [1.807, 2.05) is 38.3 Å². The normalized spacial score (nSPS) is 25.4. The summed E-state index contributed by atoms with van der Waals surface area (Å²) < 4.78 is 7.96. The molecule has 2 aromatic heterocycles. The molecule has 1 unspecified atom stereocenters. The summed E-state index contributed by atoms with van der Waals surface area (Å²) in [6, 6.07) is 3.63. The molecule has 0 aromatic carbocycles. The highest BCUT2D eigenvalue weighted by molar-refractivity contribution is 7.71. The summed E-state index contributed by atoms with van der Waals surface area (Å²) in [7, 11) is 0. The lowest BCUT2D eigenvalue weighted by Crippen LogP contribution is -2.45. The summed E-state index contributed by atoms with van der Waals surface area (Å²) in [5.74, 6) is 0.656. The Bertz CT molecular complexity index is 742. The fourth-order valence-corrected chi connectivity index (χ4v) is 4.21. The van der Waals surface area contributed by atoms with Gasteiger partial charge in [-0.15, -0.1) is 11.3 Å². The number of nitrogens with one attached hydrogen (secondary N) is 2. The van der Waals surface area contributed by atoms with E-state index < -0.39 is 6.04 Å². The summed E-state index contributed by atoms with van der Waals surface area (Å²) >= 11 is 6.90. The first-order valence-corrected chi connectivity index (χ1v) is 9.41. The zero-order chi connectivity index (χ0) is 17.3. The summed E-state index contributed by atoms with van der Waals surface area (Å²) in [4.78, 5) is 13.7. The van der Waals surface area contributed by atoms with E-state index in [4.69, 9.17) is 17.0 Å². The summed E-state index contributed by atoms with van der Waals surface area (Å²) in [5.41, 5.74) is 0. The molecule has 24 heavy (non-hydrogen) atoms. The van der Waals surface area contributed by atoms with Crippen LogP contribution >= 0.6 is 23.6 Å². The molecule has 2 N–H and O–H groups in total. The third kappa shape index (κ3) is 3.60. The molecule has 130 valence electrons. The first kappa shape index (κ1) is 17.3. The van der Waals surface area contributed by atoms with Crippen molar-refractivity contribution in [1.29, 1.82) is 0 Å². The van der Waals surface area contributed by atoms with Gasteiger partial charge in [0.1, 0.15) is 6.04 Å². The van der Waals surface area contributed by atoms with Crippen molar-refractivity contribution in [2.24, 2.45) is 0 Å². The SMILES string of the molecule is C[C@@H]1CC(NC(=O)[C@H](C)n2c(-c3cccs3)n[nH]c2=S)C[C@H](C)O1. The fourth-order valence-electron chi connectivity index (χ4n) is 3.21. The number of thiophene rings is 1. The molecule has 1 amide bonds. The van der Waals surface area contributed by atoms with Gasteiger partial charge in [-0.3, -0.25) is 14.5 Å². The number of carbonyl (C=O) groups is 1. The van der Waals surface area contributed by atoms with Crippen molar-refractivity contribution >= 4 is 29.5 Å². The Morgan fingerprint density at radius 1 is 1.50 bits per heavy atom. The predicted molar refractivity (Wildman–Crippen MR) is 96.6 cm³/mol. The monoisotopic (exact) mass is 366 g/mol. The number of hydrogen-bond donors (Lipinski definition) is 2. The van der Waals surface area contributed by atoms with Crippen molar-refractivity contribution in [1.82, 2.24) is 20.1 Å². The second kappa shape index (κ2) is 7.16. The summed E-state index contributed by atoms with van der Waals surface area (Å²) in [6.45, 7) is 5.93. The lowest BCUT2D eigenvalue weighted by atomic mass is 9.99. The van der Waals surface area contributed by atoms with Crippen LogP contribution in [0.4, 0.5) is 0 Å². The van der Waals surface area contributed by atoms with Gasteiger partial charge in [-0.1, -0.05) is 6.07 Å². The van der Waals surface area contributed by atoms with E-state index in [0.717, 1.165) is 17.7 Å². The Labute approximate surface area is 150 Å². The summed E-state index contributed by atoms with van der Waals surface area (Å²) in [5, 5.41) is 12.2. The first-order chi connectivity index (χ1) is 11.5. The minimum absolute atomic E-state index is 0.0448. The van der Waals surface area contributed by atoms with E-state index in [9.17, 15) is 4.79 Å². The van der Waals surface area contributed by atoms with Crippen LogP contribution in [-0.4, -0.2) is 38.9 Å². The van der Waals surface area contributed by atoms with Gasteiger partial charge in [0, 0.05) is 6.04 Å². The van der Waals surface area contributed by atoms with E-state index >= 15 is 0 Å². The topological polar surface area (TPSA) is 71.9 Å². The molecule has 2 aromatic rings. The lowest BCUT2D eigenvalue weighted by molar-refractivity contribution is -0.126. The molecule has 0 radical (unpaired) electrons. The molecular formula is C16H22N4O2S2. The van der Waals surface area contributed by atoms with Crippen LogP contribution in [0.3, 0.4) is 0 Å². The number of H-pyrrole nitrogens is 1. The lowest BCUT2D eigenvalue weighted by Gasteiger charge is -2.33. The second-order valence-electron chi connectivity index (χ2n) is 6.31. The van der Waals surface area contributed by atoms with Crippen LogP contribution in [0.15, 0.2) is 17.5 Å². The average molecular weight is 367 g/mol. The Morgan fingerprint density at radius 2 is 2.21 bits per heavy atom. The number of amides is 1. The van der Waals surface area contributed by atoms with Gasteiger partial charge < -0.3 is 10.1 Å². The van der Waals surface area contributed by atoms with E-state index in [0.29, 0.717) is 10.6 Å². The van der Waals surface area contributed by atoms with Gasteiger partial charge >= 0.3 is 0 Å². The molecule has 0 spiro atoms. The van der Waals surface area contributed by atoms with Gasteiger partial charge in [0.2, 0.25) is 5.91 Å². The Hall–Kier alpha value is -1.51. The molecular weight excluding hydrogens is 344 g/mol. The predicted octanol–water partition coefficient (Wildman–Crippen LogP) is 3.30. The van der Waals surface area contributed by atoms with Crippen molar-refractivity contribution in [3.8, 4) is 10.7 Å². The number of rotatable bonds is 4. The highest BCUT2D eigenvalue weighted by Crippen LogP contribution is 2.26. The average Bonchev–Trinajstić information content (AvgIpc) is 3.14. The van der Waals surface area contributed by atoms with Crippen molar-refractivity contribution in [3.05, 3.63) is 22.3 Å². The number of ether oxygens (including phenoxy) is 1. The quantitative estimate of drug-likeness (QED) is 0.815. The molecule has 1 aliphatic heterocycles. The van der Waals surface area contributed by atoms with Crippen LogP contribution in [-0.2, 0) is 9.53 Å². The third-order valence-corrected chi connectivity index (χ3v) is 5.41. The van der Waals surface area contributed by atoms with Crippen LogP contribution in [0.2, 0.25) is 0 Å². The maximum absolute atomic E-state index is 12.7. The number of nitrogens with zero attached hydrogens (tertiary/aromatic N) is 2. The van der Waals surface area contributed by atoms with E-state index in [-0.39, 0.29) is 24.2 Å². The van der Waals surface area contributed by atoms with Crippen molar-refractivity contribution < 1.29 is 9.53 Å². The molecule has 3 heterocycles. The highest BCUT2D eigenvalue weighted by atomic mass is 32.1. The van der Waals surface area contributed by atoms with Crippen LogP contribution in [0, 0.1) is 4.77 Å². The molecule has 0 saturated carbocycles. The largest absolute Gasteiger partial charge is 0.375 e. The molecule has 0 aliphatic carbocycles.